The summed E-state index contributed by atoms with van der Waals surface area (Å²) >= 11 is 0. The minimum atomic E-state index is -0.909. The number of fused-ring (bicyclic) bond motifs is 1. The summed E-state index contributed by atoms with van der Waals surface area (Å²) in [5.41, 5.74) is 2.06. The molecule has 0 radical (unpaired) electrons. The van der Waals surface area contributed by atoms with Crippen LogP contribution in [0.25, 0.3) is 5.65 Å². The molecule has 5 heteroatoms. The van der Waals surface area contributed by atoms with Crippen molar-refractivity contribution in [2.75, 3.05) is 13.1 Å². The number of imidazole rings is 1. The van der Waals surface area contributed by atoms with E-state index < -0.39 is 5.97 Å². The zero-order valence-corrected chi connectivity index (χ0v) is 13.2. The molecule has 0 aromatic carbocycles. The molecule has 0 amide bonds. The van der Waals surface area contributed by atoms with Crippen molar-refractivity contribution < 1.29 is 9.90 Å². The fourth-order valence-corrected chi connectivity index (χ4v) is 3.24. The maximum Gasteiger partial charge on any atom is 0.335 e. The SMILES string of the molecule is CC(C)N1CCC(Cc2cn3ccc(C(=O)O)cc3n2)CC1. The van der Waals surface area contributed by atoms with Crippen molar-refractivity contribution in [2.45, 2.75) is 39.2 Å². The van der Waals surface area contributed by atoms with E-state index in [9.17, 15) is 4.79 Å². The highest BCUT2D eigenvalue weighted by Gasteiger charge is 2.21. The largest absolute Gasteiger partial charge is 0.478 e. The van der Waals surface area contributed by atoms with Gasteiger partial charge in [0.25, 0.3) is 0 Å². The summed E-state index contributed by atoms with van der Waals surface area (Å²) in [5.74, 6) is -0.230. The fourth-order valence-electron chi connectivity index (χ4n) is 3.24. The summed E-state index contributed by atoms with van der Waals surface area (Å²) in [6.07, 6.45) is 7.21. The number of piperidine rings is 1. The van der Waals surface area contributed by atoms with Gasteiger partial charge in [0.05, 0.1) is 11.3 Å². The van der Waals surface area contributed by atoms with Crippen molar-refractivity contribution in [3.05, 3.63) is 35.8 Å². The van der Waals surface area contributed by atoms with Crippen LogP contribution in [0.4, 0.5) is 0 Å². The molecule has 0 atom stereocenters. The maximum absolute atomic E-state index is 11.0. The number of carboxylic acid groups (broad SMARTS) is 1. The molecule has 2 aromatic heterocycles. The number of hydrogen-bond donors (Lipinski definition) is 1. The molecule has 1 fully saturated rings. The number of nitrogens with zero attached hydrogens (tertiary/aromatic N) is 3. The van der Waals surface area contributed by atoms with Gasteiger partial charge in [0.15, 0.2) is 0 Å². The Hall–Kier alpha value is -1.88. The van der Waals surface area contributed by atoms with Crippen molar-refractivity contribution in [3.63, 3.8) is 0 Å². The molecule has 1 aliphatic rings. The van der Waals surface area contributed by atoms with Crippen LogP contribution in [0.5, 0.6) is 0 Å². The Morgan fingerprint density at radius 3 is 2.77 bits per heavy atom. The molecular weight excluding hydrogens is 278 g/mol. The predicted molar refractivity (Wildman–Crippen MR) is 85.3 cm³/mol. The topological polar surface area (TPSA) is 57.8 Å². The molecule has 1 saturated heterocycles. The van der Waals surface area contributed by atoms with Crippen LogP contribution in [-0.2, 0) is 6.42 Å². The predicted octanol–water partition coefficient (Wildman–Crippen LogP) is 2.70. The van der Waals surface area contributed by atoms with Gasteiger partial charge in [-0.1, -0.05) is 0 Å². The third-order valence-electron chi connectivity index (χ3n) is 4.63. The smallest absolute Gasteiger partial charge is 0.335 e. The Morgan fingerprint density at radius 1 is 1.41 bits per heavy atom. The first-order chi connectivity index (χ1) is 10.5. The van der Waals surface area contributed by atoms with Crippen molar-refractivity contribution in [3.8, 4) is 0 Å². The zero-order valence-electron chi connectivity index (χ0n) is 13.2. The van der Waals surface area contributed by atoms with E-state index in [4.69, 9.17) is 5.11 Å². The van der Waals surface area contributed by atoms with Gasteiger partial charge in [-0.3, -0.25) is 0 Å². The monoisotopic (exact) mass is 301 g/mol. The van der Waals surface area contributed by atoms with Gasteiger partial charge < -0.3 is 14.4 Å². The standard InChI is InChI=1S/C17H23N3O2/c1-12(2)19-6-3-13(4-7-19)9-15-11-20-8-5-14(17(21)22)10-16(20)18-15/h5,8,10-13H,3-4,6-7,9H2,1-2H3,(H,21,22). The van der Waals surface area contributed by atoms with Crippen LogP contribution < -0.4 is 0 Å². The van der Waals surface area contributed by atoms with Crippen LogP contribution in [0.2, 0.25) is 0 Å². The van der Waals surface area contributed by atoms with Crippen molar-refractivity contribution >= 4 is 11.6 Å². The van der Waals surface area contributed by atoms with Crippen LogP contribution in [-0.4, -0.2) is 44.5 Å². The molecule has 0 bridgehead atoms. The average molecular weight is 301 g/mol. The summed E-state index contributed by atoms with van der Waals surface area (Å²) in [7, 11) is 0. The van der Waals surface area contributed by atoms with Crippen LogP contribution in [0, 0.1) is 5.92 Å². The zero-order chi connectivity index (χ0) is 15.7. The second-order valence-electron chi connectivity index (χ2n) is 6.50. The lowest BCUT2D eigenvalue weighted by atomic mass is 9.92. The molecule has 118 valence electrons. The molecule has 1 N–H and O–H groups in total. The van der Waals surface area contributed by atoms with E-state index in [0.29, 0.717) is 12.0 Å². The maximum atomic E-state index is 11.0. The van der Waals surface area contributed by atoms with E-state index in [1.807, 2.05) is 10.6 Å². The minimum Gasteiger partial charge on any atom is -0.478 e. The molecule has 3 rings (SSSR count). The molecule has 5 nitrogen and oxygen atoms in total. The lowest BCUT2D eigenvalue weighted by molar-refractivity contribution is 0.0697. The van der Waals surface area contributed by atoms with Crippen molar-refractivity contribution in [2.24, 2.45) is 5.92 Å². The number of rotatable bonds is 4. The highest BCUT2D eigenvalue weighted by molar-refractivity contribution is 5.88. The van der Waals surface area contributed by atoms with Gasteiger partial charge in [0.1, 0.15) is 5.65 Å². The molecule has 0 aliphatic carbocycles. The van der Waals surface area contributed by atoms with Crippen LogP contribution in [0.15, 0.2) is 24.5 Å². The summed E-state index contributed by atoms with van der Waals surface area (Å²) in [6.45, 7) is 6.84. The van der Waals surface area contributed by atoms with Gasteiger partial charge in [0, 0.05) is 18.4 Å². The van der Waals surface area contributed by atoms with Crippen molar-refractivity contribution in [1.82, 2.24) is 14.3 Å². The molecule has 0 spiro atoms. The van der Waals surface area contributed by atoms with Crippen LogP contribution in [0.1, 0.15) is 42.7 Å². The second kappa shape index (κ2) is 6.08. The molecule has 2 aromatic rings. The highest BCUT2D eigenvalue weighted by atomic mass is 16.4. The average Bonchev–Trinajstić information content (AvgIpc) is 2.88. The number of aromatic nitrogens is 2. The Kier molecular flexibility index (Phi) is 4.16. The van der Waals surface area contributed by atoms with Gasteiger partial charge in [0.2, 0.25) is 0 Å². The van der Waals surface area contributed by atoms with Gasteiger partial charge >= 0.3 is 5.97 Å². The summed E-state index contributed by atoms with van der Waals surface area (Å²) in [5, 5.41) is 9.04. The van der Waals surface area contributed by atoms with Crippen LogP contribution >= 0.6 is 0 Å². The summed E-state index contributed by atoms with van der Waals surface area (Å²) in [4.78, 5) is 18.1. The first-order valence-corrected chi connectivity index (χ1v) is 7.98. The number of likely N-dealkylation sites (tertiary alicyclic amines) is 1. The normalized spacial score (nSPS) is 17.4. The molecular formula is C17H23N3O2. The molecule has 3 heterocycles. The lowest BCUT2D eigenvalue weighted by Gasteiger charge is -2.34. The summed E-state index contributed by atoms with van der Waals surface area (Å²) < 4.78 is 1.91. The highest BCUT2D eigenvalue weighted by Crippen LogP contribution is 2.23. The van der Waals surface area contributed by atoms with E-state index in [1.54, 1.807) is 18.3 Å². The number of hydrogen-bond acceptors (Lipinski definition) is 3. The molecule has 0 saturated carbocycles. The van der Waals surface area contributed by atoms with E-state index in [-0.39, 0.29) is 5.56 Å². The van der Waals surface area contributed by atoms with E-state index in [2.05, 4.69) is 23.7 Å². The van der Waals surface area contributed by atoms with Crippen molar-refractivity contribution in [1.29, 1.82) is 0 Å². The van der Waals surface area contributed by atoms with Gasteiger partial charge in [-0.05, 0) is 64.3 Å². The van der Waals surface area contributed by atoms with E-state index in [0.717, 1.165) is 17.8 Å². The van der Waals surface area contributed by atoms with Crippen LogP contribution in [0.3, 0.4) is 0 Å². The fraction of sp³-hybridized carbons (Fsp3) is 0.529. The van der Waals surface area contributed by atoms with E-state index in [1.165, 1.54) is 25.9 Å². The number of carboxylic acids is 1. The number of pyridine rings is 1. The van der Waals surface area contributed by atoms with E-state index >= 15 is 0 Å². The Morgan fingerprint density at radius 2 is 2.14 bits per heavy atom. The molecule has 1 aliphatic heterocycles. The Labute approximate surface area is 130 Å². The third kappa shape index (κ3) is 3.14. The van der Waals surface area contributed by atoms with Gasteiger partial charge in [-0.15, -0.1) is 0 Å². The molecule has 22 heavy (non-hydrogen) atoms. The number of carbonyl (C=O) groups is 1. The summed E-state index contributed by atoms with van der Waals surface area (Å²) in [6, 6.07) is 3.88. The first-order valence-electron chi connectivity index (χ1n) is 7.98. The Bertz CT molecular complexity index is 670. The minimum absolute atomic E-state index is 0.287. The Balaban J connectivity index is 1.68. The van der Waals surface area contributed by atoms with Gasteiger partial charge in [-0.25, -0.2) is 9.78 Å². The van der Waals surface area contributed by atoms with Gasteiger partial charge in [-0.2, -0.15) is 0 Å². The first kappa shape index (κ1) is 15.0. The third-order valence-corrected chi connectivity index (χ3v) is 4.63. The molecule has 0 unspecified atom stereocenters. The number of aromatic carboxylic acids is 1. The lowest BCUT2D eigenvalue weighted by Crippen LogP contribution is -2.38. The second-order valence-corrected chi connectivity index (χ2v) is 6.50. The quantitative estimate of drug-likeness (QED) is 0.943.